The Labute approximate surface area is 73.9 Å². The molecule has 0 aromatic rings. The molecule has 0 fully saturated rings. The lowest BCUT2D eigenvalue weighted by molar-refractivity contribution is -0.142. The highest BCUT2D eigenvalue weighted by Gasteiger charge is 1.97. The van der Waals surface area contributed by atoms with E-state index in [-0.39, 0.29) is 5.97 Å². The van der Waals surface area contributed by atoms with Crippen LogP contribution in [0.15, 0.2) is 24.8 Å². The summed E-state index contributed by atoms with van der Waals surface area (Å²) >= 11 is 0. The Kier molecular flexibility index (Phi) is 7.35. The van der Waals surface area contributed by atoms with Gasteiger partial charge in [0.05, 0.1) is 6.61 Å². The highest BCUT2D eigenvalue weighted by Crippen LogP contribution is 1.95. The Bertz CT molecular complexity index is 159. The molecule has 0 saturated carbocycles. The van der Waals surface area contributed by atoms with Crippen LogP contribution in [-0.4, -0.2) is 12.6 Å². The summed E-state index contributed by atoms with van der Waals surface area (Å²) in [6, 6.07) is 0. The molecule has 0 aliphatic rings. The van der Waals surface area contributed by atoms with E-state index in [1.165, 1.54) is 0 Å². The molecule has 0 saturated heterocycles. The van der Waals surface area contributed by atoms with Crippen molar-refractivity contribution in [1.29, 1.82) is 0 Å². The van der Waals surface area contributed by atoms with Crippen molar-refractivity contribution in [1.82, 2.24) is 0 Å². The second kappa shape index (κ2) is 8.05. The molecule has 0 amide bonds. The third-order valence-electron chi connectivity index (χ3n) is 1.29. The van der Waals surface area contributed by atoms with E-state index in [1.807, 2.05) is 25.2 Å². The van der Waals surface area contributed by atoms with Crippen molar-refractivity contribution in [2.75, 3.05) is 6.61 Å². The molecule has 0 N–H and O–H groups in total. The van der Waals surface area contributed by atoms with Gasteiger partial charge in [0.2, 0.25) is 0 Å². The molecule has 0 aromatic heterocycles. The molecule has 0 heterocycles. The molecule has 68 valence electrons. The average molecular weight is 168 g/mol. The van der Waals surface area contributed by atoms with E-state index < -0.39 is 0 Å². The molecule has 0 aliphatic heterocycles. The maximum atomic E-state index is 10.8. The van der Waals surface area contributed by atoms with Crippen molar-refractivity contribution in [2.45, 2.75) is 26.2 Å². The summed E-state index contributed by atoms with van der Waals surface area (Å²) in [4.78, 5) is 10.8. The summed E-state index contributed by atoms with van der Waals surface area (Å²) in [6.07, 6.45) is 7.88. The number of esters is 1. The second-order valence-electron chi connectivity index (χ2n) is 2.34. The van der Waals surface area contributed by atoms with Crippen LogP contribution in [0.5, 0.6) is 0 Å². The van der Waals surface area contributed by atoms with Crippen LogP contribution in [0.2, 0.25) is 0 Å². The Morgan fingerprint density at radius 1 is 1.50 bits per heavy atom. The standard InChI is InChI=1S/C10H16O2/c1-3-5-6-7-8-9-10(11)12-4-2/h3,6-7H,1,4-5,8-9H2,2H3. The van der Waals surface area contributed by atoms with E-state index >= 15 is 0 Å². The zero-order valence-electron chi connectivity index (χ0n) is 7.58. The number of rotatable bonds is 6. The van der Waals surface area contributed by atoms with Crippen LogP contribution < -0.4 is 0 Å². The molecule has 0 aliphatic carbocycles. The fourth-order valence-corrected chi connectivity index (χ4v) is 0.745. The van der Waals surface area contributed by atoms with Crippen LogP contribution >= 0.6 is 0 Å². The van der Waals surface area contributed by atoms with Gasteiger partial charge in [-0.1, -0.05) is 18.2 Å². The van der Waals surface area contributed by atoms with Gasteiger partial charge in [0, 0.05) is 6.42 Å². The van der Waals surface area contributed by atoms with E-state index in [4.69, 9.17) is 4.74 Å². The van der Waals surface area contributed by atoms with Crippen molar-refractivity contribution in [2.24, 2.45) is 0 Å². The van der Waals surface area contributed by atoms with Gasteiger partial charge in [0.1, 0.15) is 0 Å². The Morgan fingerprint density at radius 3 is 2.83 bits per heavy atom. The average Bonchev–Trinajstić information content (AvgIpc) is 2.05. The van der Waals surface area contributed by atoms with Gasteiger partial charge in [-0.3, -0.25) is 4.79 Å². The van der Waals surface area contributed by atoms with Gasteiger partial charge >= 0.3 is 5.97 Å². The van der Waals surface area contributed by atoms with E-state index in [9.17, 15) is 4.79 Å². The Hall–Kier alpha value is -1.05. The normalized spacial score (nSPS) is 10.1. The van der Waals surface area contributed by atoms with Crippen LogP contribution in [0.4, 0.5) is 0 Å². The van der Waals surface area contributed by atoms with Gasteiger partial charge in [-0.2, -0.15) is 0 Å². The highest BCUT2D eigenvalue weighted by atomic mass is 16.5. The van der Waals surface area contributed by atoms with Crippen molar-refractivity contribution >= 4 is 5.97 Å². The van der Waals surface area contributed by atoms with Crippen molar-refractivity contribution in [3.8, 4) is 0 Å². The first-order chi connectivity index (χ1) is 5.81. The minimum Gasteiger partial charge on any atom is -0.466 e. The van der Waals surface area contributed by atoms with Crippen LogP contribution in [0.3, 0.4) is 0 Å². The number of carbonyl (C=O) groups is 1. The molecule has 0 atom stereocenters. The Balaban J connectivity index is 3.29. The molecule has 2 heteroatoms. The minimum absolute atomic E-state index is 0.124. The van der Waals surface area contributed by atoms with Gasteiger partial charge < -0.3 is 4.74 Å². The summed E-state index contributed by atoms with van der Waals surface area (Å²) in [7, 11) is 0. The number of carbonyl (C=O) groups excluding carboxylic acids is 1. The molecule has 0 radical (unpaired) electrons. The van der Waals surface area contributed by atoms with Crippen LogP contribution in [-0.2, 0) is 9.53 Å². The second-order valence-corrected chi connectivity index (χ2v) is 2.34. The first-order valence-corrected chi connectivity index (χ1v) is 4.22. The first kappa shape index (κ1) is 11.0. The molecular weight excluding hydrogens is 152 g/mol. The van der Waals surface area contributed by atoms with Crippen molar-refractivity contribution in [3.05, 3.63) is 24.8 Å². The van der Waals surface area contributed by atoms with Crippen molar-refractivity contribution in [3.63, 3.8) is 0 Å². The Morgan fingerprint density at radius 2 is 2.25 bits per heavy atom. The topological polar surface area (TPSA) is 26.3 Å². The maximum absolute atomic E-state index is 10.8. The zero-order chi connectivity index (χ0) is 9.23. The fraction of sp³-hybridized carbons (Fsp3) is 0.500. The number of allylic oxidation sites excluding steroid dienone is 3. The summed E-state index contributed by atoms with van der Waals surface area (Å²) in [5.74, 6) is -0.124. The molecular formula is C10H16O2. The largest absolute Gasteiger partial charge is 0.466 e. The molecule has 12 heavy (non-hydrogen) atoms. The molecule has 0 spiro atoms. The lowest BCUT2D eigenvalue weighted by Crippen LogP contribution is -2.02. The van der Waals surface area contributed by atoms with Gasteiger partial charge in [0.25, 0.3) is 0 Å². The minimum atomic E-state index is -0.124. The molecule has 0 aromatic carbocycles. The van der Waals surface area contributed by atoms with E-state index in [0.717, 1.165) is 12.8 Å². The SMILES string of the molecule is C=CCC=CCCC(=O)OCC. The van der Waals surface area contributed by atoms with Crippen LogP contribution in [0.1, 0.15) is 26.2 Å². The van der Waals surface area contributed by atoms with Crippen LogP contribution in [0.25, 0.3) is 0 Å². The lowest BCUT2D eigenvalue weighted by atomic mass is 10.2. The monoisotopic (exact) mass is 168 g/mol. The summed E-state index contributed by atoms with van der Waals surface area (Å²) in [5, 5.41) is 0. The molecule has 2 nitrogen and oxygen atoms in total. The fourth-order valence-electron chi connectivity index (χ4n) is 0.745. The first-order valence-electron chi connectivity index (χ1n) is 4.22. The van der Waals surface area contributed by atoms with E-state index in [2.05, 4.69) is 6.58 Å². The van der Waals surface area contributed by atoms with Gasteiger partial charge in [0.15, 0.2) is 0 Å². The van der Waals surface area contributed by atoms with Crippen molar-refractivity contribution < 1.29 is 9.53 Å². The van der Waals surface area contributed by atoms with Crippen LogP contribution in [0, 0.1) is 0 Å². The van der Waals surface area contributed by atoms with Gasteiger partial charge in [-0.05, 0) is 19.8 Å². The molecule has 0 bridgehead atoms. The number of ether oxygens (including phenoxy) is 1. The number of hydrogen-bond donors (Lipinski definition) is 0. The van der Waals surface area contributed by atoms with Gasteiger partial charge in [-0.15, -0.1) is 6.58 Å². The quantitative estimate of drug-likeness (QED) is 0.450. The summed E-state index contributed by atoms with van der Waals surface area (Å²) in [5.41, 5.74) is 0. The van der Waals surface area contributed by atoms with E-state index in [0.29, 0.717) is 13.0 Å². The summed E-state index contributed by atoms with van der Waals surface area (Å²) in [6.45, 7) is 5.86. The smallest absolute Gasteiger partial charge is 0.306 e. The third-order valence-corrected chi connectivity index (χ3v) is 1.29. The van der Waals surface area contributed by atoms with E-state index in [1.54, 1.807) is 0 Å². The predicted molar refractivity (Wildman–Crippen MR) is 49.8 cm³/mol. The predicted octanol–water partition coefficient (Wildman–Crippen LogP) is 2.46. The molecule has 0 unspecified atom stereocenters. The van der Waals surface area contributed by atoms with Gasteiger partial charge in [-0.25, -0.2) is 0 Å². The lowest BCUT2D eigenvalue weighted by Gasteiger charge is -1.97. The number of hydrogen-bond acceptors (Lipinski definition) is 2. The third kappa shape index (κ3) is 7.06. The zero-order valence-corrected chi connectivity index (χ0v) is 7.58. The highest BCUT2D eigenvalue weighted by molar-refractivity contribution is 5.69. The maximum Gasteiger partial charge on any atom is 0.306 e. The summed E-state index contributed by atoms with van der Waals surface area (Å²) < 4.78 is 4.76. The molecule has 0 rings (SSSR count).